The number of aromatic nitrogens is 4. The Kier molecular flexibility index (Phi) is 10.1. The van der Waals surface area contributed by atoms with Crippen LogP contribution in [0.3, 0.4) is 0 Å². The van der Waals surface area contributed by atoms with Gasteiger partial charge in [-0.3, -0.25) is 4.90 Å². The molecule has 0 aliphatic rings. The number of aryl methyl sites for hydroxylation is 3. The summed E-state index contributed by atoms with van der Waals surface area (Å²) in [6, 6.07) is 11.7. The Hall–Kier alpha value is -3.37. The molecule has 1 heterocycles. The normalized spacial score (nSPS) is 13.8. The van der Waals surface area contributed by atoms with Crippen molar-refractivity contribution in [2.75, 3.05) is 18.4 Å². The van der Waals surface area contributed by atoms with Crippen molar-refractivity contribution in [3.05, 3.63) is 59.4 Å². The first-order chi connectivity index (χ1) is 17.7. The molecule has 0 unspecified atom stereocenters. The van der Waals surface area contributed by atoms with Crippen molar-refractivity contribution in [3.8, 4) is 11.4 Å². The lowest BCUT2D eigenvalue weighted by atomic mass is 10.0. The molecule has 37 heavy (non-hydrogen) atoms. The fourth-order valence-corrected chi connectivity index (χ4v) is 4.27. The lowest BCUT2D eigenvalue weighted by Crippen LogP contribution is -2.49. The van der Waals surface area contributed by atoms with Gasteiger partial charge in [-0.05, 0) is 91.5 Å². The van der Waals surface area contributed by atoms with Crippen molar-refractivity contribution in [2.24, 2.45) is 7.05 Å². The van der Waals surface area contributed by atoms with Crippen molar-refractivity contribution < 1.29 is 14.3 Å². The highest BCUT2D eigenvalue weighted by Crippen LogP contribution is 2.23. The van der Waals surface area contributed by atoms with Crippen LogP contribution in [-0.4, -0.2) is 67.5 Å². The van der Waals surface area contributed by atoms with Crippen molar-refractivity contribution in [1.82, 2.24) is 30.4 Å². The average molecular weight is 512 g/mol. The molecule has 0 aliphatic carbocycles. The first-order valence-corrected chi connectivity index (χ1v) is 12.8. The number of hydrogen-bond donors (Lipinski definition) is 3. The molecule has 3 rings (SSSR count). The standard InChI is InChI=1S/C27H38FN7O2/c1-6-20-14-22(26-31-32-33-34(26)5)16-24(15-20)30-27(37)29-19(4)25(36)17-35(7-2)18(3)8-9-21-10-12-23(28)13-11-21/h10-16,18-19,25,36H,6-9,17H2,1-5H3,(H2,29,30,37)/t18-,19+,25-/m0/s1. The molecule has 200 valence electrons. The third-order valence-electron chi connectivity index (χ3n) is 6.69. The quantitative estimate of drug-likeness (QED) is 0.341. The second kappa shape index (κ2) is 13.3. The summed E-state index contributed by atoms with van der Waals surface area (Å²) < 4.78 is 14.7. The molecule has 0 saturated heterocycles. The molecule has 0 spiro atoms. The number of carbonyl (C=O) groups excluding carboxylic acids is 1. The molecule has 0 aliphatic heterocycles. The van der Waals surface area contributed by atoms with E-state index in [2.05, 4.69) is 44.9 Å². The third kappa shape index (κ3) is 8.06. The number of halogens is 1. The number of nitrogens with zero attached hydrogens (tertiary/aromatic N) is 5. The van der Waals surface area contributed by atoms with Gasteiger partial charge in [0.1, 0.15) is 5.82 Å². The summed E-state index contributed by atoms with van der Waals surface area (Å²) in [4.78, 5) is 14.9. The van der Waals surface area contributed by atoms with Gasteiger partial charge in [0.05, 0.1) is 12.1 Å². The molecule has 1 aromatic heterocycles. The van der Waals surface area contributed by atoms with E-state index in [9.17, 15) is 14.3 Å². The maximum absolute atomic E-state index is 13.1. The fraction of sp³-hybridized carbons (Fsp3) is 0.481. The van der Waals surface area contributed by atoms with E-state index >= 15 is 0 Å². The van der Waals surface area contributed by atoms with Crippen molar-refractivity contribution >= 4 is 11.7 Å². The van der Waals surface area contributed by atoms with Crippen LogP contribution in [0.2, 0.25) is 0 Å². The Bertz CT molecular complexity index is 1150. The van der Waals surface area contributed by atoms with Crippen molar-refractivity contribution in [2.45, 2.75) is 65.1 Å². The molecular formula is C27H38FN7O2. The monoisotopic (exact) mass is 511 g/mol. The Morgan fingerprint density at radius 2 is 1.86 bits per heavy atom. The van der Waals surface area contributed by atoms with Crippen molar-refractivity contribution in [1.29, 1.82) is 0 Å². The molecule has 10 heteroatoms. The Morgan fingerprint density at radius 3 is 2.49 bits per heavy atom. The van der Waals surface area contributed by atoms with E-state index in [-0.39, 0.29) is 11.9 Å². The molecular weight excluding hydrogens is 473 g/mol. The molecule has 3 aromatic rings. The van der Waals surface area contributed by atoms with Crippen LogP contribution in [0.4, 0.5) is 14.9 Å². The average Bonchev–Trinajstić information content (AvgIpc) is 3.31. The summed E-state index contributed by atoms with van der Waals surface area (Å²) in [7, 11) is 1.76. The molecule has 0 bridgehead atoms. The van der Waals surface area contributed by atoms with Crippen molar-refractivity contribution in [3.63, 3.8) is 0 Å². The molecule has 2 aromatic carbocycles. The van der Waals surface area contributed by atoms with E-state index in [4.69, 9.17) is 0 Å². The molecule has 3 atom stereocenters. The lowest BCUT2D eigenvalue weighted by Gasteiger charge is -2.32. The summed E-state index contributed by atoms with van der Waals surface area (Å²) in [5.41, 5.74) is 3.56. The van der Waals surface area contributed by atoms with Crippen LogP contribution >= 0.6 is 0 Å². The van der Waals surface area contributed by atoms with Crippen LogP contribution in [0.1, 0.15) is 45.2 Å². The molecule has 0 saturated carbocycles. The SMILES string of the molecule is CCc1cc(NC(=O)N[C@H](C)[C@@H](O)CN(CC)[C@@H](C)CCc2ccc(F)cc2)cc(-c2nnnn2C)c1. The molecule has 2 amide bonds. The van der Waals surface area contributed by atoms with Gasteiger partial charge in [0.2, 0.25) is 0 Å². The van der Waals surface area contributed by atoms with Gasteiger partial charge in [-0.15, -0.1) is 5.10 Å². The number of hydrogen-bond acceptors (Lipinski definition) is 6. The van der Waals surface area contributed by atoms with Gasteiger partial charge in [-0.2, -0.15) is 0 Å². The lowest BCUT2D eigenvalue weighted by molar-refractivity contribution is 0.0715. The second-order valence-electron chi connectivity index (χ2n) is 9.45. The Balaban J connectivity index is 1.54. The topological polar surface area (TPSA) is 108 Å². The zero-order valence-electron chi connectivity index (χ0n) is 22.3. The summed E-state index contributed by atoms with van der Waals surface area (Å²) in [5.74, 6) is 0.373. The van der Waals surface area contributed by atoms with Crippen LogP contribution in [-0.2, 0) is 19.9 Å². The highest BCUT2D eigenvalue weighted by atomic mass is 19.1. The number of likely N-dealkylation sites (N-methyl/N-ethyl adjacent to an activating group) is 1. The Labute approximate surface area is 218 Å². The van der Waals surface area contributed by atoms with Gasteiger partial charge >= 0.3 is 6.03 Å². The number of benzene rings is 2. The number of anilines is 1. The smallest absolute Gasteiger partial charge is 0.319 e. The zero-order valence-corrected chi connectivity index (χ0v) is 22.3. The summed E-state index contributed by atoms with van der Waals surface area (Å²) in [6.45, 7) is 9.20. The molecule has 9 nitrogen and oxygen atoms in total. The van der Waals surface area contributed by atoms with Gasteiger partial charge in [-0.25, -0.2) is 13.9 Å². The fourth-order valence-electron chi connectivity index (χ4n) is 4.27. The van der Waals surface area contributed by atoms with Crippen LogP contribution in [0.25, 0.3) is 11.4 Å². The van der Waals surface area contributed by atoms with Gasteiger partial charge in [-0.1, -0.05) is 26.0 Å². The number of carbonyl (C=O) groups is 1. The number of nitrogens with one attached hydrogen (secondary N) is 2. The van der Waals surface area contributed by atoms with E-state index in [1.807, 2.05) is 25.1 Å². The number of amides is 2. The third-order valence-corrected chi connectivity index (χ3v) is 6.69. The van der Waals surface area contributed by atoms with E-state index in [0.29, 0.717) is 18.1 Å². The Morgan fingerprint density at radius 1 is 1.14 bits per heavy atom. The highest BCUT2D eigenvalue weighted by molar-refractivity contribution is 5.90. The van der Waals surface area contributed by atoms with E-state index in [1.165, 1.54) is 12.1 Å². The number of aliphatic hydroxyl groups excluding tert-OH is 1. The maximum Gasteiger partial charge on any atom is 0.319 e. The first kappa shape index (κ1) is 28.2. The van der Waals surface area contributed by atoms with Crippen LogP contribution in [0.5, 0.6) is 0 Å². The number of aliphatic hydroxyl groups is 1. The van der Waals surface area contributed by atoms with Crippen LogP contribution in [0.15, 0.2) is 42.5 Å². The van der Waals surface area contributed by atoms with Gasteiger partial charge < -0.3 is 15.7 Å². The summed E-state index contributed by atoms with van der Waals surface area (Å²) in [5, 5.41) is 28.2. The number of rotatable bonds is 12. The predicted octanol–water partition coefficient (Wildman–Crippen LogP) is 3.79. The minimum absolute atomic E-state index is 0.219. The van der Waals surface area contributed by atoms with Crippen LogP contribution < -0.4 is 10.6 Å². The largest absolute Gasteiger partial charge is 0.390 e. The highest BCUT2D eigenvalue weighted by Gasteiger charge is 2.22. The number of urea groups is 1. The zero-order chi connectivity index (χ0) is 26.9. The molecule has 3 N–H and O–H groups in total. The maximum atomic E-state index is 13.1. The minimum Gasteiger partial charge on any atom is -0.390 e. The summed E-state index contributed by atoms with van der Waals surface area (Å²) >= 11 is 0. The number of tetrazole rings is 1. The van der Waals surface area contributed by atoms with Gasteiger partial charge in [0.15, 0.2) is 5.82 Å². The summed E-state index contributed by atoms with van der Waals surface area (Å²) in [6.07, 6.45) is 1.75. The molecule has 0 fully saturated rings. The van der Waals surface area contributed by atoms with Gasteiger partial charge in [0.25, 0.3) is 0 Å². The predicted molar refractivity (Wildman–Crippen MR) is 143 cm³/mol. The minimum atomic E-state index is -0.749. The van der Waals surface area contributed by atoms with Crippen LogP contribution in [0, 0.1) is 5.82 Å². The second-order valence-corrected chi connectivity index (χ2v) is 9.45. The first-order valence-electron chi connectivity index (χ1n) is 12.8. The van der Waals surface area contributed by atoms with E-state index in [1.54, 1.807) is 30.8 Å². The van der Waals surface area contributed by atoms with E-state index < -0.39 is 18.2 Å². The van der Waals surface area contributed by atoms with Gasteiger partial charge in [0, 0.05) is 30.9 Å². The van der Waals surface area contributed by atoms with E-state index in [0.717, 1.165) is 42.5 Å². The molecule has 0 radical (unpaired) electrons.